The molecular weight excluding hydrogens is 463 g/mol. The second-order valence-electron chi connectivity index (χ2n) is 7.33. The van der Waals surface area contributed by atoms with Gasteiger partial charge in [0.2, 0.25) is 0 Å². The summed E-state index contributed by atoms with van der Waals surface area (Å²) in [6.07, 6.45) is 2.50. The minimum atomic E-state index is 0. The molecule has 28 heavy (non-hydrogen) atoms. The van der Waals surface area contributed by atoms with Gasteiger partial charge in [-0.3, -0.25) is 14.6 Å². The Morgan fingerprint density at radius 2 is 1.96 bits per heavy atom. The molecule has 1 aromatic carbocycles. The predicted molar refractivity (Wildman–Crippen MR) is 126 cm³/mol. The van der Waals surface area contributed by atoms with Crippen molar-refractivity contribution in [3.63, 3.8) is 0 Å². The molecule has 7 heteroatoms. The van der Waals surface area contributed by atoms with Crippen LogP contribution in [-0.4, -0.2) is 46.8 Å². The summed E-state index contributed by atoms with van der Waals surface area (Å²) < 4.78 is 1.93. The molecule has 1 unspecified atom stereocenters. The minimum absolute atomic E-state index is 0. The summed E-state index contributed by atoms with van der Waals surface area (Å²) in [4.78, 5) is 6.96. The molecule has 1 saturated heterocycles. The Labute approximate surface area is 185 Å². The number of nitrogens with one attached hydrogen (secondary N) is 2. The summed E-state index contributed by atoms with van der Waals surface area (Å²) in [7, 11) is 3.81. The van der Waals surface area contributed by atoms with Gasteiger partial charge in [0.25, 0.3) is 0 Å². The Morgan fingerprint density at radius 3 is 2.61 bits per heavy atom. The first-order chi connectivity index (χ1) is 13.1. The molecule has 2 heterocycles. The first-order valence-corrected chi connectivity index (χ1v) is 9.80. The number of benzene rings is 1. The fraction of sp³-hybridized carbons (Fsp3) is 0.524. The molecular formula is C21H33IN6. The molecule has 1 atom stereocenters. The normalized spacial score (nSPS) is 17.4. The molecule has 2 N–H and O–H groups in total. The summed E-state index contributed by atoms with van der Waals surface area (Å²) in [5.74, 6) is 0.851. The van der Waals surface area contributed by atoms with Gasteiger partial charge in [-0.05, 0) is 38.8 Å². The SMILES string of the molecule is CN=C(NCc1c(C)nn(C)c1C)NCC1CCCN1Cc1ccccc1.I. The quantitative estimate of drug-likeness (QED) is 0.367. The lowest BCUT2D eigenvalue weighted by molar-refractivity contribution is 0.245. The number of aromatic nitrogens is 2. The maximum absolute atomic E-state index is 4.48. The van der Waals surface area contributed by atoms with Crippen molar-refractivity contribution in [2.24, 2.45) is 12.0 Å². The molecule has 0 bridgehead atoms. The molecule has 0 amide bonds. The van der Waals surface area contributed by atoms with Crippen LogP contribution in [0.15, 0.2) is 35.3 Å². The molecule has 3 rings (SSSR count). The smallest absolute Gasteiger partial charge is 0.191 e. The molecule has 1 aromatic heterocycles. The summed E-state index contributed by atoms with van der Waals surface area (Å²) in [5.41, 5.74) is 4.89. The topological polar surface area (TPSA) is 57.5 Å². The van der Waals surface area contributed by atoms with E-state index < -0.39 is 0 Å². The van der Waals surface area contributed by atoms with Crippen LogP contribution in [0, 0.1) is 13.8 Å². The van der Waals surface area contributed by atoms with Crippen LogP contribution in [0.1, 0.15) is 35.4 Å². The van der Waals surface area contributed by atoms with E-state index in [4.69, 9.17) is 0 Å². The van der Waals surface area contributed by atoms with Crippen molar-refractivity contribution in [1.82, 2.24) is 25.3 Å². The van der Waals surface area contributed by atoms with Crippen molar-refractivity contribution in [1.29, 1.82) is 0 Å². The number of aliphatic imine (C=N–C) groups is 1. The highest BCUT2D eigenvalue weighted by atomic mass is 127. The van der Waals surface area contributed by atoms with Crippen molar-refractivity contribution in [3.05, 3.63) is 52.8 Å². The average molecular weight is 496 g/mol. The lowest BCUT2D eigenvalue weighted by Gasteiger charge is -2.25. The zero-order chi connectivity index (χ0) is 19.2. The van der Waals surface area contributed by atoms with Crippen molar-refractivity contribution < 1.29 is 0 Å². The van der Waals surface area contributed by atoms with Crippen molar-refractivity contribution >= 4 is 29.9 Å². The number of halogens is 1. The Hall–Kier alpha value is -1.61. The predicted octanol–water partition coefficient (Wildman–Crippen LogP) is 2.98. The Balaban J connectivity index is 0.00000280. The standard InChI is InChI=1S/C21H32N6.HI/c1-16-20(17(2)26(4)25-16)14-24-21(22-3)23-13-19-11-8-12-27(19)15-18-9-6-5-7-10-18;/h5-7,9-10,19H,8,11-15H2,1-4H3,(H2,22,23,24);1H. The van der Waals surface area contributed by atoms with Gasteiger partial charge in [0.15, 0.2) is 5.96 Å². The maximum Gasteiger partial charge on any atom is 0.191 e. The van der Waals surface area contributed by atoms with Crippen molar-refractivity contribution in [2.75, 3.05) is 20.1 Å². The van der Waals surface area contributed by atoms with Crippen molar-refractivity contribution in [3.8, 4) is 0 Å². The number of hydrogen-bond acceptors (Lipinski definition) is 3. The Morgan fingerprint density at radius 1 is 1.21 bits per heavy atom. The molecule has 154 valence electrons. The zero-order valence-corrected chi connectivity index (χ0v) is 19.7. The van der Waals surface area contributed by atoms with Gasteiger partial charge in [-0.15, -0.1) is 24.0 Å². The minimum Gasteiger partial charge on any atom is -0.355 e. The maximum atomic E-state index is 4.48. The third-order valence-electron chi connectivity index (χ3n) is 5.55. The first-order valence-electron chi connectivity index (χ1n) is 9.80. The third-order valence-corrected chi connectivity index (χ3v) is 5.55. The van der Waals surface area contributed by atoms with Crippen LogP contribution in [0.25, 0.3) is 0 Å². The zero-order valence-electron chi connectivity index (χ0n) is 17.4. The van der Waals surface area contributed by atoms with E-state index in [1.807, 2.05) is 18.8 Å². The van der Waals surface area contributed by atoms with Crippen LogP contribution in [0.2, 0.25) is 0 Å². The lowest BCUT2D eigenvalue weighted by atomic mass is 10.2. The summed E-state index contributed by atoms with van der Waals surface area (Å²) in [6, 6.07) is 11.3. The van der Waals surface area contributed by atoms with Crippen LogP contribution in [0.5, 0.6) is 0 Å². The Bertz CT molecular complexity index is 771. The largest absolute Gasteiger partial charge is 0.355 e. The molecule has 0 radical (unpaired) electrons. The van der Waals surface area contributed by atoms with Gasteiger partial charge in [-0.25, -0.2) is 0 Å². The van der Waals surface area contributed by atoms with Crippen LogP contribution in [0.3, 0.4) is 0 Å². The van der Waals surface area contributed by atoms with Gasteiger partial charge in [-0.1, -0.05) is 30.3 Å². The van der Waals surface area contributed by atoms with E-state index in [1.165, 1.54) is 36.2 Å². The van der Waals surface area contributed by atoms with Gasteiger partial charge in [0.05, 0.1) is 5.69 Å². The molecule has 0 saturated carbocycles. The van der Waals surface area contributed by atoms with E-state index in [0.717, 1.165) is 31.3 Å². The van der Waals surface area contributed by atoms with E-state index in [9.17, 15) is 0 Å². The van der Waals surface area contributed by atoms with Gasteiger partial charge in [0.1, 0.15) is 0 Å². The Kier molecular flexibility index (Phi) is 8.75. The first kappa shape index (κ1) is 22.7. The molecule has 0 aliphatic carbocycles. The van der Waals surface area contributed by atoms with Crippen LogP contribution < -0.4 is 10.6 Å². The molecule has 2 aromatic rings. The number of guanidine groups is 1. The van der Waals surface area contributed by atoms with Crippen LogP contribution >= 0.6 is 24.0 Å². The van der Waals surface area contributed by atoms with Crippen LogP contribution in [-0.2, 0) is 20.1 Å². The highest BCUT2D eigenvalue weighted by Crippen LogP contribution is 2.19. The summed E-state index contributed by atoms with van der Waals surface area (Å²) in [5, 5.41) is 11.4. The van der Waals surface area contributed by atoms with Gasteiger partial charge >= 0.3 is 0 Å². The number of aryl methyl sites for hydroxylation is 2. The second-order valence-corrected chi connectivity index (χ2v) is 7.33. The fourth-order valence-electron chi connectivity index (χ4n) is 3.83. The monoisotopic (exact) mass is 496 g/mol. The lowest BCUT2D eigenvalue weighted by Crippen LogP contribution is -2.44. The van der Waals surface area contributed by atoms with E-state index in [1.54, 1.807) is 0 Å². The van der Waals surface area contributed by atoms with E-state index in [-0.39, 0.29) is 24.0 Å². The van der Waals surface area contributed by atoms with E-state index in [2.05, 4.69) is 69.8 Å². The van der Waals surface area contributed by atoms with E-state index in [0.29, 0.717) is 6.04 Å². The summed E-state index contributed by atoms with van der Waals surface area (Å²) >= 11 is 0. The number of hydrogen-bond donors (Lipinski definition) is 2. The highest BCUT2D eigenvalue weighted by Gasteiger charge is 2.24. The average Bonchev–Trinajstić information content (AvgIpc) is 3.21. The van der Waals surface area contributed by atoms with E-state index >= 15 is 0 Å². The number of likely N-dealkylation sites (tertiary alicyclic amines) is 1. The third kappa shape index (κ3) is 5.70. The van der Waals surface area contributed by atoms with Gasteiger partial charge in [0, 0.05) is 51.0 Å². The second kappa shape index (κ2) is 10.8. The molecule has 1 fully saturated rings. The molecule has 1 aliphatic heterocycles. The highest BCUT2D eigenvalue weighted by molar-refractivity contribution is 14.0. The number of nitrogens with zero attached hydrogens (tertiary/aromatic N) is 4. The fourth-order valence-corrected chi connectivity index (χ4v) is 3.83. The molecule has 0 spiro atoms. The molecule has 1 aliphatic rings. The van der Waals surface area contributed by atoms with Crippen LogP contribution in [0.4, 0.5) is 0 Å². The van der Waals surface area contributed by atoms with Crippen molar-refractivity contribution in [2.45, 2.75) is 45.8 Å². The summed E-state index contributed by atoms with van der Waals surface area (Å²) in [6.45, 7) is 8.00. The number of rotatable bonds is 6. The van der Waals surface area contributed by atoms with Gasteiger partial charge in [-0.2, -0.15) is 5.10 Å². The van der Waals surface area contributed by atoms with Gasteiger partial charge < -0.3 is 10.6 Å². The molecule has 6 nitrogen and oxygen atoms in total.